The highest BCUT2D eigenvalue weighted by atomic mass is 19.4. The van der Waals surface area contributed by atoms with Crippen LogP contribution in [-0.4, -0.2) is 76.1 Å². The Balaban J connectivity index is 3.94. The smallest absolute Gasteiger partial charge is 0.392 e. The molecular formula is C10H4F18N2O. The van der Waals surface area contributed by atoms with Crippen LogP contribution in [0.4, 0.5) is 79.0 Å². The highest BCUT2D eigenvalue weighted by Gasteiger charge is 2.93. The predicted molar refractivity (Wildman–Crippen MR) is 56.3 cm³/mol. The number of aliphatic hydroxyl groups excluding tert-OH is 1. The Bertz CT molecular complexity index is 656. The van der Waals surface area contributed by atoms with Gasteiger partial charge in [0.2, 0.25) is 6.30 Å². The van der Waals surface area contributed by atoms with Crippen molar-refractivity contribution in [2.24, 2.45) is 0 Å². The second kappa shape index (κ2) is 6.81. The van der Waals surface area contributed by atoms with Crippen LogP contribution in [0.25, 0.3) is 0 Å². The first-order valence-electron chi connectivity index (χ1n) is 6.77. The summed E-state index contributed by atoms with van der Waals surface area (Å²) in [5, 5.41) is 8.20. The summed E-state index contributed by atoms with van der Waals surface area (Å²) in [4.78, 5) is -8.24. The van der Waals surface area contributed by atoms with Gasteiger partial charge in [-0.25, -0.2) is 8.78 Å². The lowest BCUT2D eigenvalue weighted by Crippen LogP contribution is -2.86. The molecule has 31 heavy (non-hydrogen) atoms. The molecule has 1 saturated heterocycles. The number of aliphatic hydroxyl groups is 1. The van der Waals surface area contributed by atoms with Crippen LogP contribution in [0.2, 0.25) is 0 Å². The van der Waals surface area contributed by atoms with E-state index in [0.717, 1.165) is 0 Å². The summed E-state index contributed by atoms with van der Waals surface area (Å²) in [7, 11) is 0. The molecule has 2 atom stereocenters. The van der Waals surface area contributed by atoms with Crippen LogP contribution < -0.4 is 0 Å². The van der Waals surface area contributed by atoms with Crippen LogP contribution in [-0.2, 0) is 0 Å². The Labute approximate surface area is 156 Å². The fraction of sp³-hybridized carbons (Fsp3) is 1.00. The molecule has 0 saturated carbocycles. The van der Waals surface area contributed by atoms with Gasteiger partial charge in [-0.1, -0.05) is 4.90 Å². The molecule has 1 N–H and O–H groups in total. The Morgan fingerprint density at radius 3 is 1.16 bits per heavy atom. The van der Waals surface area contributed by atoms with Crippen molar-refractivity contribution in [2.75, 3.05) is 6.61 Å². The van der Waals surface area contributed by atoms with Gasteiger partial charge < -0.3 is 5.11 Å². The third kappa shape index (κ3) is 3.37. The van der Waals surface area contributed by atoms with E-state index in [9.17, 15) is 79.0 Å². The van der Waals surface area contributed by atoms with Gasteiger partial charge in [0.15, 0.2) is 0 Å². The van der Waals surface area contributed by atoms with Gasteiger partial charge >= 0.3 is 42.6 Å². The van der Waals surface area contributed by atoms with Crippen molar-refractivity contribution in [1.82, 2.24) is 9.80 Å². The van der Waals surface area contributed by atoms with Crippen LogP contribution in [0.1, 0.15) is 0 Å². The molecule has 0 aromatic heterocycles. The summed E-state index contributed by atoms with van der Waals surface area (Å²) in [5.74, 6) is 0. The average Bonchev–Trinajstić information content (AvgIpc) is 2.48. The van der Waals surface area contributed by atoms with Crippen molar-refractivity contribution >= 4 is 0 Å². The minimum atomic E-state index is -7.92. The van der Waals surface area contributed by atoms with Gasteiger partial charge in [-0.15, -0.1) is 4.90 Å². The molecule has 1 aliphatic heterocycles. The second-order valence-electron chi connectivity index (χ2n) is 5.76. The molecule has 0 radical (unpaired) electrons. The van der Waals surface area contributed by atoms with Crippen molar-refractivity contribution in [2.45, 2.75) is 54.5 Å². The topological polar surface area (TPSA) is 26.7 Å². The van der Waals surface area contributed by atoms with Crippen molar-refractivity contribution in [3.63, 3.8) is 0 Å². The van der Waals surface area contributed by atoms with E-state index in [2.05, 4.69) is 0 Å². The maximum Gasteiger partial charge on any atom is 0.469 e. The lowest BCUT2D eigenvalue weighted by Gasteiger charge is -2.56. The van der Waals surface area contributed by atoms with Gasteiger partial charge in [-0.05, 0) is 0 Å². The summed E-state index contributed by atoms with van der Waals surface area (Å²) < 4.78 is 237. The van der Waals surface area contributed by atoms with Crippen LogP contribution in [0.5, 0.6) is 0 Å². The van der Waals surface area contributed by atoms with E-state index in [4.69, 9.17) is 5.11 Å². The van der Waals surface area contributed by atoms with E-state index >= 15 is 0 Å². The zero-order valence-corrected chi connectivity index (χ0v) is 13.4. The van der Waals surface area contributed by atoms with Crippen LogP contribution in [0, 0.1) is 0 Å². The van der Waals surface area contributed by atoms with Gasteiger partial charge in [0.1, 0.15) is 0 Å². The fourth-order valence-electron chi connectivity index (χ4n) is 2.18. The Hall–Kier alpha value is -1.38. The molecular weight excluding hydrogens is 506 g/mol. The SMILES string of the molecule is OCC(F)(C(F)N1C(F)(F)C(F)(F)N(C(F)(F)C(F)(F)F)C(F)(F)C1(F)F)C(F)(F)F. The van der Waals surface area contributed by atoms with E-state index < -0.39 is 71.0 Å². The number of rotatable bonds is 4. The van der Waals surface area contributed by atoms with Crippen molar-refractivity contribution < 1.29 is 84.1 Å². The minimum Gasteiger partial charge on any atom is -0.392 e. The number of halogens is 18. The van der Waals surface area contributed by atoms with Crippen molar-refractivity contribution in [3.8, 4) is 0 Å². The number of alkyl halides is 18. The standard InChI is InChI=1S/C10H4F18N2O/c11-2(3(12,1-31)4(13,14)15)29-7(21,22)9(25,26)30(6(19,20)5(16,17)18)10(27,28)8(29,23)24/h2,31H,1H2. The maximum absolute atomic E-state index is 13.8. The summed E-state index contributed by atoms with van der Waals surface area (Å²) in [6.45, 7) is -3.47. The largest absolute Gasteiger partial charge is 0.469 e. The quantitative estimate of drug-likeness (QED) is 0.440. The first kappa shape index (κ1) is 27.7. The molecule has 1 fully saturated rings. The molecule has 0 aromatic rings. The van der Waals surface area contributed by atoms with Gasteiger partial charge in [0, 0.05) is 0 Å². The van der Waals surface area contributed by atoms with Crippen LogP contribution in [0.3, 0.4) is 0 Å². The predicted octanol–water partition coefficient (Wildman–Crippen LogP) is 4.69. The normalized spacial score (nSPS) is 27.6. The van der Waals surface area contributed by atoms with E-state index in [0.29, 0.717) is 0 Å². The van der Waals surface area contributed by atoms with E-state index in [-0.39, 0.29) is 0 Å². The molecule has 0 bridgehead atoms. The van der Waals surface area contributed by atoms with Crippen LogP contribution in [0.15, 0.2) is 0 Å². The number of hydrogen-bond donors (Lipinski definition) is 1. The zero-order chi connectivity index (χ0) is 25.4. The zero-order valence-electron chi connectivity index (χ0n) is 13.4. The van der Waals surface area contributed by atoms with E-state index in [1.807, 2.05) is 0 Å². The minimum absolute atomic E-state index is 3.47. The molecule has 1 rings (SSSR count). The molecule has 21 heteroatoms. The monoisotopic (exact) mass is 510 g/mol. The highest BCUT2D eigenvalue weighted by molar-refractivity contribution is 5.10. The molecule has 2 unspecified atom stereocenters. The first-order chi connectivity index (χ1) is 13.2. The molecule has 1 heterocycles. The van der Waals surface area contributed by atoms with Gasteiger partial charge in [-0.2, -0.15) is 70.2 Å². The van der Waals surface area contributed by atoms with Gasteiger partial charge in [0.25, 0.3) is 5.67 Å². The van der Waals surface area contributed by atoms with Crippen LogP contribution >= 0.6 is 0 Å². The summed E-state index contributed by atoms with van der Waals surface area (Å²) in [6.07, 6.45) is -20.8. The molecule has 0 amide bonds. The first-order valence-corrected chi connectivity index (χ1v) is 6.77. The molecule has 0 spiro atoms. The molecule has 0 aliphatic carbocycles. The lowest BCUT2D eigenvalue weighted by atomic mass is 10.0. The third-order valence-corrected chi connectivity index (χ3v) is 3.82. The Morgan fingerprint density at radius 2 is 0.935 bits per heavy atom. The molecule has 0 aromatic carbocycles. The fourth-order valence-corrected chi connectivity index (χ4v) is 2.18. The second-order valence-corrected chi connectivity index (χ2v) is 5.76. The lowest BCUT2D eigenvalue weighted by molar-refractivity contribution is -0.566. The molecule has 3 nitrogen and oxygen atoms in total. The Kier molecular flexibility index (Phi) is 6.08. The third-order valence-electron chi connectivity index (χ3n) is 3.82. The van der Waals surface area contributed by atoms with E-state index in [1.165, 1.54) is 0 Å². The number of hydrogen-bond acceptors (Lipinski definition) is 3. The summed E-state index contributed by atoms with van der Waals surface area (Å²) in [6, 6.07) is -39.3. The number of piperazine rings is 1. The maximum atomic E-state index is 13.8. The molecule has 186 valence electrons. The van der Waals surface area contributed by atoms with Crippen molar-refractivity contribution in [1.29, 1.82) is 0 Å². The van der Waals surface area contributed by atoms with Gasteiger partial charge in [-0.3, -0.25) is 0 Å². The van der Waals surface area contributed by atoms with E-state index in [1.54, 1.807) is 0 Å². The summed E-state index contributed by atoms with van der Waals surface area (Å²) >= 11 is 0. The van der Waals surface area contributed by atoms with Gasteiger partial charge in [0.05, 0.1) is 6.61 Å². The van der Waals surface area contributed by atoms with Crippen molar-refractivity contribution in [3.05, 3.63) is 0 Å². The Morgan fingerprint density at radius 1 is 0.613 bits per heavy atom. The average molecular weight is 510 g/mol. The number of nitrogens with zero attached hydrogens (tertiary/aromatic N) is 2. The highest BCUT2D eigenvalue weighted by Crippen LogP contribution is 2.63. The summed E-state index contributed by atoms with van der Waals surface area (Å²) in [5.41, 5.74) is -6.44. The molecule has 1 aliphatic rings.